The van der Waals surface area contributed by atoms with Gasteiger partial charge in [-0.15, -0.1) is 0 Å². The highest BCUT2D eigenvalue weighted by Gasteiger charge is 2.07. The fraction of sp³-hybridized carbons (Fsp3) is 0.0833. The number of ether oxygens (including phenoxy) is 1. The summed E-state index contributed by atoms with van der Waals surface area (Å²) in [6.07, 6.45) is 1.66. The number of nitrogens with zero attached hydrogens (tertiary/aromatic N) is 1. The maximum Gasteiger partial charge on any atom is 0.139 e. The van der Waals surface area contributed by atoms with Crippen molar-refractivity contribution in [2.24, 2.45) is 0 Å². The Labute approximate surface area is 123 Å². The molecule has 0 radical (unpaired) electrons. The summed E-state index contributed by atoms with van der Waals surface area (Å²) in [7, 11) is 0. The fourth-order valence-electron chi connectivity index (χ4n) is 1.30. The van der Waals surface area contributed by atoms with Crippen molar-refractivity contribution in [2.45, 2.75) is 6.61 Å². The zero-order chi connectivity index (χ0) is 13.1. The van der Waals surface area contributed by atoms with Crippen LogP contribution in [0.3, 0.4) is 0 Å². The largest absolute Gasteiger partial charge is 0.487 e. The minimum Gasteiger partial charge on any atom is -0.487 e. The number of pyridine rings is 1. The summed E-state index contributed by atoms with van der Waals surface area (Å²) in [6, 6.07) is 6.92. The van der Waals surface area contributed by atoms with Gasteiger partial charge in [-0.05, 0) is 28.1 Å². The highest BCUT2D eigenvalue weighted by atomic mass is 79.9. The van der Waals surface area contributed by atoms with Crippen molar-refractivity contribution < 1.29 is 4.74 Å². The highest BCUT2D eigenvalue weighted by molar-refractivity contribution is 9.10. The zero-order valence-corrected chi connectivity index (χ0v) is 12.3. The first-order valence-corrected chi connectivity index (χ1v) is 6.59. The lowest BCUT2D eigenvalue weighted by Gasteiger charge is -2.09. The molecule has 0 aliphatic heterocycles. The summed E-state index contributed by atoms with van der Waals surface area (Å²) in [5.74, 6) is 1.00. The second kappa shape index (κ2) is 5.78. The van der Waals surface area contributed by atoms with Crippen LogP contribution in [0.2, 0.25) is 10.0 Å². The molecule has 1 heterocycles. The lowest BCUT2D eigenvalue weighted by atomic mass is 10.3. The van der Waals surface area contributed by atoms with E-state index in [9.17, 15) is 0 Å². The third-order valence-electron chi connectivity index (χ3n) is 2.22. The average Bonchev–Trinajstić information content (AvgIpc) is 2.34. The van der Waals surface area contributed by atoms with Gasteiger partial charge in [0, 0.05) is 22.3 Å². The molecule has 2 N–H and O–H groups in total. The van der Waals surface area contributed by atoms with E-state index in [1.165, 1.54) is 0 Å². The molecule has 0 aliphatic rings. The van der Waals surface area contributed by atoms with Gasteiger partial charge in [-0.1, -0.05) is 29.3 Å². The van der Waals surface area contributed by atoms with Crippen molar-refractivity contribution in [3.05, 3.63) is 50.5 Å². The minimum atomic E-state index is 0.352. The van der Waals surface area contributed by atoms with E-state index in [1.807, 2.05) is 6.07 Å². The van der Waals surface area contributed by atoms with Crippen LogP contribution in [0.15, 0.2) is 34.9 Å². The van der Waals surface area contributed by atoms with Gasteiger partial charge in [0.05, 0.1) is 10.0 Å². The molecule has 0 spiro atoms. The van der Waals surface area contributed by atoms with Crippen LogP contribution >= 0.6 is 39.1 Å². The molecule has 0 bridgehead atoms. The summed E-state index contributed by atoms with van der Waals surface area (Å²) < 4.78 is 6.31. The molecule has 2 rings (SSSR count). The normalized spacial score (nSPS) is 10.4. The molecule has 0 aliphatic carbocycles. The maximum atomic E-state index is 6.04. The number of hydrogen-bond donors (Lipinski definition) is 1. The number of nitrogen functional groups attached to an aromatic ring is 1. The third-order valence-corrected chi connectivity index (χ3v) is 3.71. The number of rotatable bonds is 3. The predicted molar refractivity (Wildman–Crippen MR) is 77.1 cm³/mol. The van der Waals surface area contributed by atoms with Gasteiger partial charge in [0.25, 0.3) is 0 Å². The van der Waals surface area contributed by atoms with E-state index >= 15 is 0 Å². The SMILES string of the molecule is Nc1ccc(COc2cc(Cl)c(Br)cc2Cl)cn1. The Morgan fingerprint density at radius 3 is 2.67 bits per heavy atom. The lowest BCUT2D eigenvalue weighted by Crippen LogP contribution is -1.98. The number of benzene rings is 1. The van der Waals surface area contributed by atoms with Crippen LogP contribution in [0.4, 0.5) is 5.82 Å². The number of halogens is 3. The first kappa shape index (κ1) is 13.5. The maximum absolute atomic E-state index is 6.04. The van der Waals surface area contributed by atoms with Gasteiger partial charge < -0.3 is 10.5 Å². The van der Waals surface area contributed by atoms with E-state index < -0.39 is 0 Å². The minimum absolute atomic E-state index is 0.352. The van der Waals surface area contributed by atoms with Crippen LogP contribution in [0.25, 0.3) is 0 Å². The van der Waals surface area contributed by atoms with Gasteiger partial charge in [0.15, 0.2) is 0 Å². The molecule has 2 aromatic rings. The zero-order valence-electron chi connectivity index (χ0n) is 9.16. The van der Waals surface area contributed by atoms with Crippen LogP contribution in [-0.4, -0.2) is 4.98 Å². The Morgan fingerprint density at radius 2 is 2.00 bits per heavy atom. The smallest absolute Gasteiger partial charge is 0.139 e. The molecule has 18 heavy (non-hydrogen) atoms. The van der Waals surface area contributed by atoms with E-state index in [0.717, 1.165) is 10.0 Å². The van der Waals surface area contributed by atoms with Crippen LogP contribution < -0.4 is 10.5 Å². The summed E-state index contributed by atoms with van der Waals surface area (Å²) in [5.41, 5.74) is 6.40. The molecular formula is C12H9BrCl2N2O. The predicted octanol–water partition coefficient (Wildman–Crippen LogP) is 4.31. The van der Waals surface area contributed by atoms with Gasteiger partial charge >= 0.3 is 0 Å². The molecule has 0 saturated heterocycles. The van der Waals surface area contributed by atoms with E-state index in [1.54, 1.807) is 24.4 Å². The summed E-state index contributed by atoms with van der Waals surface area (Å²) in [6.45, 7) is 0.352. The highest BCUT2D eigenvalue weighted by Crippen LogP contribution is 2.34. The van der Waals surface area contributed by atoms with Crippen LogP contribution in [-0.2, 0) is 6.61 Å². The van der Waals surface area contributed by atoms with Gasteiger partial charge in [0.2, 0.25) is 0 Å². The van der Waals surface area contributed by atoms with E-state index in [0.29, 0.717) is 28.2 Å². The van der Waals surface area contributed by atoms with Gasteiger partial charge in [-0.25, -0.2) is 4.98 Å². The standard InChI is InChI=1S/C12H9BrCl2N2O/c13-8-3-10(15)11(4-9(8)14)18-6-7-1-2-12(16)17-5-7/h1-5H,6H2,(H2,16,17). The van der Waals surface area contributed by atoms with E-state index in [-0.39, 0.29) is 0 Å². The summed E-state index contributed by atoms with van der Waals surface area (Å²) >= 11 is 15.3. The summed E-state index contributed by atoms with van der Waals surface area (Å²) in [5, 5.41) is 1.04. The number of aromatic nitrogens is 1. The number of anilines is 1. The third kappa shape index (κ3) is 3.28. The number of nitrogens with two attached hydrogens (primary N) is 1. The molecule has 0 amide bonds. The fourth-order valence-corrected chi connectivity index (χ4v) is 2.14. The molecule has 3 nitrogen and oxygen atoms in total. The van der Waals surface area contributed by atoms with Crippen LogP contribution in [0.5, 0.6) is 5.75 Å². The average molecular weight is 348 g/mol. The number of hydrogen-bond acceptors (Lipinski definition) is 3. The first-order chi connectivity index (χ1) is 8.56. The molecule has 1 aromatic carbocycles. The Hall–Kier alpha value is -0.970. The molecule has 0 atom stereocenters. The van der Waals surface area contributed by atoms with Crippen molar-refractivity contribution in [3.63, 3.8) is 0 Å². The van der Waals surface area contributed by atoms with Crippen LogP contribution in [0.1, 0.15) is 5.56 Å². The van der Waals surface area contributed by atoms with Crippen molar-refractivity contribution in [3.8, 4) is 5.75 Å². The van der Waals surface area contributed by atoms with Crippen molar-refractivity contribution >= 4 is 44.9 Å². The van der Waals surface area contributed by atoms with Crippen molar-refractivity contribution in [2.75, 3.05) is 5.73 Å². The lowest BCUT2D eigenvalue weighted by molar-refractivity contribution is 0.306. The van der Waals surface area contributed by atoms with Crippen molar-refractivity contribution in [1.29, 1.82) is 0 Å². The molecule has 0 saturated carbocycles. The van der Waals surface area contributed by atoms with Crippen LogP contribution in [0, 0.1) is 0 Å². The van der Waals surface area contributed by atoms with Gasteiger partial charge in [-0.3, -0.25) is 0 Å². The molecule has 94 valence electrons. The Morgan fingerprint density at radius 1 is 1.22 bits per heavy atom. The Balaban J connectivity index is 2.10. The monoisotopic (exact) mass is 346 g/mol. The quantitative estimate of drug-likeness (QED) is 0.841. The van der Waals surface area contributed by atoms with E-state index in [4.69, 9.17) is 33.7 Å². The summed E-state index contributed by atoms with van der Waals surface area (Å²) in [4.78, 5) is 3.98. The second-order valence-corrected chi connectivity index (χ2v) is 5.25. The molecule has 1 aromatic heterocycles. The Kier molecular flexibility index (Phi) is 4.32. The first-order valence-electron chi connectivity index (χ1n) is 5.04. The molecule has 0 unspecified atom stereocenters. The molecule has 0 fully saturated rings. The van der Waals surface area contributed by atoms with Crippen molar-refractivity contribution in [1.82, 2.24) is 4.98 Å². The van der Waals surface area contributed by atoms with Gasteiger partial charge in [-0.2, -0.15) is 0 Å². The van der Waals surface area contributed by atoms with E-state index in [2.05, 4.69) is 20.9 Å². The molecular weight excluding hydrogens is 339 g/mol. The Bertz CT molecular complexity index is 561. The van der Waals surface area contributed by atoms with Gasteiger partial charge in [0.1, 0.15) is 18.2 Å². The topological polar surface area (TPSA) is 48.1 Å². The second-order valence-electron chi connectivity index (χ2n) is 3.58. The molecule has 6 heteroatoms.